The van der Waals surface area contributed by atoms with Gasteiger partial charge in [-0.25, -0.2) is 0 Å². The molecule has 1 heterocycles. The zero-order valence-corrected chi connectivity index (χ0v) is 12.6. The zero-order chi connectivity index (χ0) is 14.3. The topological polar surface area (TPSA) is 40.5 Å². The first kappa shape index (κ1) is 14.2. The summed E-state index contributed by atoms with van der Waals surface area (Å²) in [6.07, 6.45) is 3.68. The number of amides is 1. The zero-order valence-electron chi connectivity index (χ0n) is 11.1. The van der Waals surface area contributed by atoms with Crippen molar-refractivity contribution in [2.24, 2.45) is 5.92 Å². The molecular weight excluding hydrogens is 297 g/mol. The summed E-state index contributed by atoms with van der Waals surface area (Å²) in [6.45, 7) is 1.38. The molecule has 1 saturated carbocycles. The van der Waals surface area contributed by atoms with Gasteiger partial charge in [0.2, 0.25) is 0 Å². The maximum absolute atomic E-state index is 12.5. The third-order valence-electron chi connectivity index (χ3n) is 4.40. The minimum Gasteiger partial charge on any atom is -0.390 e. The maximum atomic E-state index is 12.5. The molecule has 2 aliphatic rings. The molecule has 1 N–H and O–H groups in total. The van der Waals surface area contributed by atoms with Crippen molar-refractivity contribution in [3.05, 3.63) is 33.8 Å². The lowest BCUT2D eigenvalue weighted by Crippen LogP contribution is -2.44. The average Bonchev–Trinajstić information content (AvgIpc) is 3.21. The molecule has 5 heteroatoms. The highest BCUT2D eigenvalue weighted by molar-refractivity contribution is 6.42. The molecule has 1 aliphatic carbocycles. The van der Waals surface area contributed by atoms with Gasteiger partial charge in [0.1, 0.15) is 0 Å². The highest BCUT2D eigenvalue weighted by Crippen LogP contribution is 2.45. The first-order chi connectivity index (χ1) is 9.49. The lowest BCUT2D eigenvalue weighted by molar-refractivity contribution is 0.0282. The van der Waals surface area contributed by atoms with Gasteiger partial charge < -0.3 is 10.0 Å². The summed E-state index contributed by atoms with van der Waals surface area (Å²) in [7, 11) is 0. The van der Waals surface area contributed by atoms with Crippen molar-refractivity contribution >= 4 is 29.1 Å². The van der Waals surface area contributed by atoms with Gasteiger partial charge in [-0.2, -0.15) is 0 Å². The van der Waals surface area contributed by atoms with Gasteiger partial charge in [0.25, 0.3) is 5.91 Å². The molecule has 3 nitrogen and oxygen atoms in total. The van der Waals surface area contributed by atoms with Crippen LogP contribution in [0.4, 0.5) is 0 Å². The fourth-order valence-corrected chi connectivity index (χ4v) is 3.25. The summed E-state index contributed by atoms with van der Waals surface area (Å²) in [5.74, 6) is 0.181. The number of halogens is 2. The van der Waals surface area contributed by atoms with E-state index >= 15 is 0 Å². The van der Waals surface area contributed by atoms with Crippen LogP contribution in [0, 0.1) is 5.92 Å². The van der Waals surface area contributed by atoms with Crippen molar-refractivity contribution < 1.29 is 9.90 Å². The number of aliphatic hydroxyl groups is 1. The van der Waals surface area contributed by atoms with Gasteiger partial charge in [-0.3, -0.25) is 4.79 Å². The van der Waals surface area contributed by atoms with Gasteiger partial charge in [0, 0.05) is 24.6 Å². The van der Waals surface area contributed by atoms with Crippen LogP contribution in [-0.4, -0.2) is 34.6 Å². The van der Waals surface area contributed by atoms with Crippen LogP contribution >= 0.6 is 23.2 Å². The van der Waals surface area contributed by atoms with Gasteiger partial charge in [-0.05, 0) is 43.9 Å². The normalized spacial score (nSPS) is 24.6. The Labute approximate surface area is 128 Å². The molecule has 20 heavy (non-hydrogen) atoms. The first-order valence-electron chi connectivity index (χ1n) is 6.96. The molecular formula is C15H17Cl2NO2. The second-order valence-electron chi connectivity index (χ2n) is 5.82. The van der Waals surface area contributed by atoms with Gasteiger partial charge in [0.15, 0.2) is 0 Å². The Bertz CT molecular complexity index is 543. The van der Waals surface area contributed by atoms with E-state index in [4.69, 9.17) is 23.2 Å². The Kier molecular flexibility index (Phi) is 3.69. The number of likely N-dealkylation sites (tertiary alicyclic amines) is 1. The van der Waals surface area contributed by atoms with E-state index in [9.17, 15) is 9.90 Å². The third-order valence-corrected chi connectivity index (χ3v) is 5.14. The highest BCUT2D eigenvalue weighted by atomic mass is 35.5. The summed E-state index contributed by atoms with van der Waals surface area (Å²) < 4.78 is 0. The molecule has 1 saturated heterocycles. The molecule has 1 unspecified atom stereocenters. The lowest BCUT2D eigenvalue weighted by Gasteiger charge is -2.35. The van der Waals surface area contributed by atoms with Gasteiger partial charge in [-0.1, -0.05) is 23.2 Å². The quantitative estimate of drug-likeness (QED) is 0.909. The minimum absolute atomic E-state index is 0.0301. The predicted molar refractivity (Wildman–Crippen MR) is 79.3 cm³/mol. The van der Waals surface area contributed by atoms with Crippen molar-refractivity contribution in [2.45, 2.75) is 31.3 Å². The molecule has 1 aromatic carbocycles. The van der Waals surface area contributed by atoms with Crippen LogP contribution in [0.3, 0.4) is 0 Å². The number of carbonyl (C=O) groups excluding carboxylic acids is 1. The fraction of sp³-hybridized carbons (Fsp3) is 0.533. The van der Waals surface area contributed by atoms with E-state index in [1.165, 1.54) is 0 Å². The lowest BCUT2D eigenvalue weighted by atomic mass is 9.90. The van der Waals surface area contributed by atoms with Crippen molar-refractivity contribution in [3.8, 4) is 0 Å². The average molecular weight is 314 g/mol. The number of carbonyl (C=O) groups is 1. The largest absolute Gasteiger partial charge is 0.390 e. The number of rotatable bonds is 2. The van der Waals surface area contributed by atoms with Gasteiger partial charge in [-0.15, -0.1) is 0 Å². The summed E-state index contributed by atoms with van der Waals surface area (Å²) in [6, 6.07) is 4.96. The third kappa shape index (κ3) is 2.67. The van der Waals surface area contributed by atoms with E-state index in [2.05, 4.69) is 0 Å². The van der Waals surface area contributed by atoms with Crippen LogP contribution in [0.5, 0.6) is 0 Å². The summed E-state index contributed by atoms with van der Waals surface area (Å²) in [5.41, 5.74) is 0.0409. The molecule has 1 amide bonds. The van der Waals surface area contributed by atoms with Gasteiger partial charge in [0.05, 0.1) is 15.6 Å². The Morgan fingerprint density at radius 2 is 2.05 bits per heavy atom. The molecule has 0 spiro atoms. The van der Waals surface area contributed by atoms with Crippen LogP contribution in [0.15, 0.2) is 18.2 Å². The van der Waals surface area contributed by atoms with Gasteiger partial charge >= 0.3 is 0 Å². The van der Waals surface area contributed by atoms with E-state index in [0.29, 0.717) is 22.2 Å². The summed E-state index contributed by atoms with van der Waals surface area (Å²) >= 11 is 11.8. The Morgan fingerprint density at radius 1 is 1.30 bits per heavy atom. The summed E-state index contributed by atoms with van der Waals surface area (Å²) in [4.78, 5) is 14.3. The van der Waals surface area contributed by atoms with Crippen molar-refractivity contribution in [3.63, 3.8) is 0 Å². The Balaban J connectivity index is 1.74. The van der Waals surface area contributed by atoms with Crippen LogP contribution < -0.4 is 0 Å². The molecule has 1 aliphatic heterocycles. The molecule has 3 rings (SSSR count). The second-order valence-corrected chi connectivity index (χ2v) is 6.64. The molecule has 0 bridgehead atoms. The molecule has 1 aromatic rings. The van der Waals surface area contributed by atoms with Crippen LogP contribution in [-0.2, 0) is 0 Å². The molecule has 0 aromatic heterocycles. The van der Waals surface area contributed by atoms with Crippen LogP contribution in [0.25, 0.3) is 0 Å². The Morgan fingerprint density at radius 3 is 2.70 bits per heavy atom. The van der Waals surface area contributed by atoms with E-state index < -0.39 is 5.60 Å². The smallest absolute Gasteiger partial charge is 0.253 e. The fourth-order valence-electron chi connectivity index (χ4n) is 2.95. The van der Waals surface area contributed by atoms with E-state index in [1.807, 2.05) is 4.90 Å². The minimum atomic E-state index is -0.517. The number of hydrogen-bond donors (Lipinski definition) is 1. The standard InChI is InChI=1S/C15H17Cl2NO2/c16-12-4-3-10(8-13(12)17)14(19)18-7-1-2-11(9-18)15(20)5-6-15/h3-4,8,11,20H,1-2,5-7,9H2. The number of nitrogens with zero attached hydrogens (tertiary/aromatic N) is 1. The summed E-state index contributed by atoms with van der Waals surface area (Å²) in [5, 5.41) is 11.1. The molecule has 0 radical (unpaired) electrons. The van der Waals surface area contributed by atoms with E-state index in [0.717, 1.165) is 32.2 Å². The van der Waals surface area contributed by atoms with E-state index in [1.54, 1.807) is 18.2 Å². The maximum Gasteiger partial charge on any atom is 0.253 e. The monoisotopic (exact) mass is 313 g/mol. The Hall–Kier alpha value is -0.770. The van der Waals surface area contributed by atoms with Crippen molar-refractivity contribution in [2.75, 3.05) is 13.1 Å². The van der Waals surface area contributed by atoms with Crippen molar-refractivity contribution in [1.29, 1.82) is 0 Å². The predicted octanol–water partition coefficient (Wildman–Crippen LogP) is 3.37. The number of piperidine rings is 1. The van der Waals surface area contributed by atoms with E-state index in [-0.39, 0.29) is 11.8 Å². The van der Waals surface area contributed by atoms with Crippen LogP contribution in [0.2, 0.25) is 10.0 Å². The SMILES string of the molecule is O=C(c1ccc(Cl)c(Cl)c1)N1CCCC(C2(O)CC2)C1. The number of benzene rings is 1. The number of hydrogen-bond acceptors (Lipinski definition) is 2. The van der Waals surface area contributed by atoms with Crippen LogP contribution in [0.1, 0.15) is 36.0 Å². The highest BCUT2D eigenvalue weighted by Gasteiger charge is 2.49. The first-order valence-corrected chi connectivity index (χ1v) is 7.72. The van der Waals surface area contributed by atoms with Crippen molar-refractivity contribution in [1.82, 2.24) is 4.90 Å². The molecule has 108 valence electrons. The second kappa shape index (κ2) is 5.21. The molecule has 1 atom stereocenters. The molecule has 2 fully saturated rings.